The lowest BCUT2D eigenvalue weighted by atomic mass is 9.97. The Hall–Kier alpha value is -1.64. The van der Waals surface area contributed by atoms with Crippen LogP contribution in [-0.2, 0) is 6.54 Å². The quantitative estimate of drug-likeness (QED) is 0.754. The lowest BCUT2D eigenvalue weighted by molar-refractivity contribution is -0.918. The Morgan fingerprint density at radius 1 is 0.864 bits per heavy atom. The number of benzene rings is 2. The predicted molar refractivity (Wildman–Crippen MR) is 84.6 cm³/mol. The van der Waals surface area contributed by atoms with Crippen molar-refractivity contribution in [1.29, 1.82) is 0 Å². The first-order valence-electron chi connectivity index (χ1n) is 7.86. The van der Waals surface area contributed by atoms with Crippen molar-refractivity contribution in [1.82, 2.24) is 0 Å². The number of hydrogen-bond donors (Lipinski definition) is 1. The molecule has 3 heteroatoms. The van der Waals surface area contributed by atoms with Gasteiger partial charge in [0.15, 0.2) is 5.78 Å². The summed E-state index contributed by atoms with van der Waals surface area (Å²) in [6, 6.07) is 17.7. The highest BCUT2D eigenvalue weighted by Gasteiger charge is 2.18. The number of quaternary nitrogens is 1. The molecule has 0 bridgehead atoms. The van der Waals surface area contributed by atoms with Gasteiger partial charge in [0.2, 0.25) is 0 Å². The standard InChI is InChI=1S/C19H21NO.ClH/c21-19(16-9-3-1-4-10-16)18-12-6-5-11-17(18)15-20-13-7-2-8-14-20;/h1,3-6,9-12H,2,7-8,13-15H2;1H. The van der Waals surface area contributed by atoms with Gasteiger partial charge in [0, 0.05) is 16.7 Å². The first-order chi connectivity index (χ1) is 10.3. The number of ketones is 1. The maximum atomic E-state index is 12.7. The Morgan fingerprint density at radius 3 is 2.23 bits per heavy atom. The summed E-state index contributed by atoms with van der Waals surface area (Å²) >= 11 is 0. The summed E-state index contributed by atoms with van der Waals surface area (Å²) in [5.74, 6) is 0.141. The van der Waals surface area contributed by atoms with Gasteiger partial charge in [0.05, 0.1) is 13.1 Å². The molecule has 1 saturated heterocycles. The molecule has 0 amide bonds. The Bertz CT molecular complexity index is 606. The minimum Gasteiger partial charge on any atom is -1.00 e. The zero-order valence-corrected chi connectivity index (χ0v) is 13.5. The van der Waals surface area contributed by atoms with Gasteiger partial charge in [-0.05, 0) is 19.3 Å². The van der Waals surface area contributed by atoms with Crippen LogP contribution in [0.1, 0.15) is 40.7 Å². The summed E-state index contributed by atoms with van der Waals surface area (Å²) in [5.41, 5.74) is 2.82. The lowest BCUT2D eigenvalue weighted by Gasteiger charge is -2.24. The van der Waals surface area contributed by atoms with Gasteiger partial charge in [0.25, 0.3) is 0 Å². The minimum absolute atomic E-state index is 0. The Kier molecular flexibility index (Phi) is 6.17. The van der Waals surface area contributed by atoms with Crippen LogP contribution in [0.4, 0.5) is 0 Å². The molecule has 1 heterocycles. The third kappa shape index (κ3) is 3.96. The number of carbonyl (C=O) groups excluding carboxylic acids is 1. The van der Waals surface area contributed by atoms with Crippen molar-refractivity contribution in [2.45, 2.75) is 25.8 Å². The second-order valence-electron chi connectivity index (χ2n) is 5.84. The third-order valence-corrected chi connectivity index (χ3v) is 4.30. The number of rotatable bonds is 4. The van der Waals surface area contributed by atoms with E-state index in [-0.39, 0.29) is 18.2 Å². The van der Waals surface area contributed by atoms with Crippen LogP contribution >= 0.6 is 0 Å². The van der Waals surface area contributed by atoms with E-state index in [0.29, 0.717) is 0 Å². The number of halogens is 1. The SMILES string of the molecule is O=C(c1ccccc1)c1ccccc1C[NH+]1CCCCC1.[Cl-]. The third-order valence-electron chi connectivity index (χ3n) is 4.30. The molecule has 2 aromatic rings. The summed E-state index contributed by atoms with van der Waals surface area (Å²) in [7, 11) is 0. The van der Waals surface area contributed by atoms with Crippen molar-refractivity contribution < 1.29 is 22.1 Å². The highest BCUT2D eigenvalue weighted by molar-refractivity contribution is 6.09. The molecule has 1 N–H and O–H groups in total. The first kappa shape index (κ1) is 16.7. The molecule has 0 radical (unpaired) electrons. The molecular weight excluding hydrogens is 294 g/mol. The molecule has 0 spiro atoms. The summed E-state index contributed by atoms with van der Waals surface area (Å²) in [4.78, 5) is 14.3. The van der Waals surface area contributed by atoms with E-state index in [0.717, 1.165) is 17.7 Å². The van der Waals surface area contributed by atoms with Crippen LogP contribution in [0.25, 0.3) is 0 Å². The molecule has 2 aromatic carbocycles. The molecule has 3 rings (SSSR count). The second-order valence-corrected chi connectivity index (χ2v) is 5.84. The molecule has 1 fully saturated rings. The summed E-state index contributed by atoms with van der Waals surface area (Å²) in [5, 5.41) is 0. The van der Waals surface area contributed by atoms with E-state index < -0.39 is 0 Å². The smallest absolute Gasteiger partial charge is 0.193 e. The molecule has 0 atom stereocenters. The van der Waals surface area contributed by atoms with Crippen LogP contribution in [0.5, 0.6) is 0 Å². The Balaban J connectivity index is 0.00000176. The number of hydrogen-bond acceptors (Lipinski definition) is 1. The molecule has 1 aliphatic rings. The topological polar surface area (TPSA) is 21.5 Å². The zero-order valence-electron chi connectivity index (χ0n) is 12.7. The number of likely N-dealkylation sites (tertiary alicyclic amines) is 1. The Morgan fingerprint density at radius 2 is 1.50 bits per heavy atom. The first-order valence-corrected chi connectivity index (χ1v) is 7.86. The van der Waals surface area contributed by atoms with Gasteiger partial charge in [-0.15, -0.1) is 0 Å². The van der Waals surface area contributed by atoms with Gasteiger partial charge in [-0.25, -0.2) is 0 Å². The fourth-order valence-corrected chi connectivity index (χ4v) is 3.14. The van der Waals surface area contributed by atoms with Gasteiger partial charge >= 0.3 is 0 Å². The van der Waals surface area contributed by atoms with Crippen LogP contribution in [0.15, 0.2) is 54.6 Å². The predicted octanol–water partition coefficient (Wildman–Crippen LogP) is -0.510. The molecule has 0 saturated carbocycles. The number of piperidine rings is 1. The van der Waals surface area contributed by atoms with Gasteiger partial charge < -0.3 is 17.3 Å². The van der Waals surface area contributed by atoms with Crippen LogP contribution in [0.2, 0.25) is 0 Å². The lowest BCUT2D eigenvalue weighted by Crippen LogP contribution is -3.11. The summed E-state index contributed by atoms with van der Waals surface area (Å²) in [6.07, 6.45) is 3.97. The average molecular weight is 316 g/mol. The van der Waals surface area contributed by atoms with E-state index in [4.69, 9.17) is 0 Å². The second kappa shape index (κ2) is 8.11. The molecular formula is C19H22ClNO. The van der Waals surface area contributed by atoms with Gasteiger partial charge in [-0.2, -0.15) is 0 Å². The largest absolute Gasteiger partial charge is 1.00 e. The van der Waals surface area contributed by atoms with Crippen molar-refractivity contribution in [3.8, 4) is 0 Å². The van der Waals surface area contributed by atoms with Crippen LogP contribution in [-0.4, -0.2) is 18.9 Å². The fraction of sp³-hybridized carbons (Fsp3) is 0.316. The maximum Gasteiger partial charge on any atom is 0.193 e. The van der Waals surface area contributed by atoms with Crippen molar-refractivity contribution in [3.63, 3.8) is 0 Å². The number of carbonyl (C=O) groups is 1. The van der Waals surface area contributed by atoms with E-state index in [1.54, 1.807) is 4.90 Å². The molecule has 0 aromatic heterocycles. The molecule has 2 nitrogen and oxygen atoms in total. The summed E-state index contributed by atoms with van der Waals surface area (Å²) < 4.78 is 0. The van der Waals surface area contributed by atoms with E-state index in [9.17, 15) is 4.79 Å². The molecule has 22 heavy (non-hydrogen) atoms. The molecule has 0 aliphatic carbocycles. The maximum absolute atomic E-state index is 12.7. The van der Waals surface area contributed by atoms with Gasteiger partial charge in [-0.1, -0.05) is 54.6 Å². The van der Waals surface area contributed by atoms with Crippen molar-refractivity contribution in [2.75, 3.05) is 13.1 Å². The van der Waals surface area contributed by atoms with E-state index in [1.165, 1.54) is 37.9 Å². The monoisotopic (exact) mass is 315 g/mol. The highest BCUT2D eigenvalue weighted by Crippen LogP contribution is 2.14. The molecule has 0 unspecified atom stereocenters. The minimum atomic E-state index is 0. The molecule has 116 valence electrons. The zero-order chi connectivity index (χ0) is 14.5. The normalized spacial score (nSPS) is 15.1. The van der Waals surface area contributed by atoms with Crippen LogP contribution < -0.4 is 17.3 Å². The highest BCUT2D eigenvalue weighted by atomic mass is 35.5. The number of nitrogens with one attached hydrogen (secondary N) is 1. The molecule has 1 aliphatic heterocycles. The van der Waals surface area contributed by atoms with Crippen molar-refractivity contribution >= 4 is 5.78 Å². The van der Waals surface area contributed by atoms with Gasteiger partial charge in [0.1, 0.15) is 6.54 Å². The Labute approximate surface area is 138 Å². The summed E-state index contributed by atoms with van der Waals surface area (Å²) in [6.45, 7) is 3.43. The van der Waals surface area contributed by atoms with E-state index in [1.807, 2.05) is 48.5 Å². The van der Waals surface area contributed by atoms with Crippen LogP contribution in [0, 0.1) is 0 Å². The van der Waals surface area contributed by atoms with Crippen LogP contribution in [0.3, 0.4) is 0 Å². The van der Waals surface area contributed by atoms with Crippen molar-refractivity contribution in [3.05, 3.63) is 71.3 Å². The fourth-order valence-electron chi connectivity index (χ4n) is 3.14. The van der Waals surface area contributed by atoms with Gasteiger partial charge in [-0.3, -0.25) is 4.79 Å². The van der Waals surface area contributed by atoms with E-state index in [2.05, 4.69) is 6.07 Å². The van der Waals surface area contributed by atoms with Crippen molar-refractivity contribution in [2.24, 2.45) is 0 Å². The van der Waals surface area contributed by atoms with E-state index >= 15 is 0 Å². The average Bonchev–Trinajstić information content (AvgIpc) is 2.56.